The van der Waals surface area contributed by atoms with Gasteiger partial charge in [-0.2, -0.15) is 5.10 Å². The standard InChI is InChI=1S/C10H18N4/c1-9-2-3-10(6-9)12-4-5-14-8-11-7-13-14/h7-10,12H,2-6H2,1H3. The van der Waals surface area contributed by atoms with E-state index in [-0.39, 0.29) is 0 Å². The van der Waals surface area contributed by atoms with Crippen molar-refractivity contribution in [3.05, 3.63) is 12.7 Å². The van der Waals surface area contributed by atoms with Crippen LogP contribution < -0.4 is 5.32 Å². The highest BCUT2D eigenvalue weighted by Gasteiger charge is 2.19. The first-order valence-corrected chi connectivity index (χ1v) is 5.40. The minimum Gasteiger partial charge on any atom is -0.312 e. The molecule has 1 fully saturated rings. The molecule has 1 N–H and O–H groups in total. The molecule has 0 aromatic carbocycles. The molecule has 78 valence electrons. The van der Waals surface area contributed by atoms with Crippen molar-refractivity contribution in [3.8, 4) is 0 Å². The van der Waals surface area contributed by atoms with E-state index in [2.05, 4.69) is 22.3 Å². The van der Waals surface area contributed by atoms with Gasteiger partial charge in [-0.25, -0.2) is 4.98 Å². The number of nitrogens with zero attached hydrogens (tertiary/aromatic N) is 3. The predicted molar refractivity (Wildman–Crippen MR) is 54.8 cm³/mol. The molecule has 2 atom stereocenters. The number of rotatable bonds is 4. The molecule has 1 aliphatic carbocycles. The van der Waals surface area contributed by atoms with Gasteiger partial charge >= 0.3 is 0 Å². The van der Waals surface area contributed by atoms with E-state index in [1.807, 2.05) is 4.68 Å². The molecule has 14 heavy (non-hydrogen) atoms. The van der Waals surface area contributed by atoms with E-state index < -0.39 is 0 Å². The van der Waals surface area contributed by atoms with Crippen LogP contribution in [0.15, 0.2) is 12.7 Å². The third-order valence-corrected chi connectivity index (χ3v) is 2.94. The summed E-state index contributed by atoms with van der Waals surface area (Å²) >= 11 is 0. The van der Waals surface area contributed by atoms with Crippen LogP contribution in [0.2, 0.25) is 0 Å². The summed E-state index contributed by atoms with van der Waals surface area (Å²) in [6, 6.07) is 0.730. The summed E-state index contributed by atoms with van der Waals surface area (Å²) in [5.41, 5.74) is 0. The number of hydrogen-bond acceptors (Lipinski definition) is 3. The van der Waals surface area contributed by atoms with Gasteiger partial charge in [0, 0.05) is 12.6 Å². The van der Waals surface area contributed by atoms with Crippen LogP contribution in [0, 0.1) is 5.92 Å². The SMILES string of the molecule is CC1CCC(NCCn2cncn2)C1. The molecular formula is C10H18N4. The Kier molecular flexibility index (Phi) is 3.14. The number of hydrogen-bond donors (Lipinski definition) is 1. The lowest BCUT2D eigenvalue weighted by atomic mass is 10.1. The Morgan fingerprint density at radius 1 is 1.50 bits per heavy atom. The van der Waals surface area contributed by atoms with Gasteiger partial charge in [-0.15, -0.1) is 0 Å². The summed E-state index contributed by atoms with van der Waals surface area (Å²) in [5.74, 6) is 0.902. The third-order valence-electron chi connectivity index (χ3n) is 2.94. The largest absolute Gasteiger partial charge is 0.312 e. The monoisotopic (exact) mass is 194 g/mol. The van der Waals surface area contributed by atoms with Crippen molar-refractivity contribution in [1.29, 1.82) is 0 Å². The van der Waals surface area contributed by atoms with E-state index in [9.17, 15) is 0 Å². The van der Waals surface area contributed by atoms with E-state index in [1.165, 1.54) is 19.3 Å². The topological polar surface area (TPSA) is 42.7 Å². The normalized spacial score (nSPS) is 26.9. The highest BCUT2D eigenvalue weighted by atomic mass is 15.3. The molecule has 0 amide bonds. The summed E-state index contributed by atoms with van der Waals surface area (Å²) < 4.78 is 1.87. The van der Waals surface area contributed by atoms with Gasteiger partial charge in [-0.1, -0.05) is 6.92 Å². The Balaban J connectivity index is 1.64. The average Bonchev–Trinajstić information content (AvgIpc) is 2.77. The Bertz CT molecular complexity index is 257. The van der Waals surface area contributed by atoms with Gasteiger partial charge in [0.15, 0.2) is 0 Å². The van der Waals surface area contributed by atoms with Crippen LogP contribution >= 0.6 is 0 Å². The van der Waals surface area contributed by atoms with E-state index >= 15 is 0 Å². The van der Waals surface area contributed by atoms with Crippen molar-refractivity contribution in [1.82, 2.24) is 20.1 Å². The first-order valence-electron chi connectivity index (χ1n) is 5.40. The fourth-order valence-electron chi connectivity index (χ4n) is 2.12. The van der Waals surface area contributed by atoms with Crippen LogP contribution in [-0.2, 0) is 6.54 Å². The summed E-state index contributed by atoms with van der Waals surface area (Å²) in [6.07, 6.45) is 7.38. The minimum absolute atomic E-state index is 0.730. The van der Waals surface area contributed by atoms with Crippen LogP contribution in [0.3, 0.4) is 0 Å². The van der Waals surface area contributed by atoms with Crippen molar-refractivity contribution in [3.63, 3.8) is 0 Å². The molecule has 2 unspecified atom stereocenters. The van der Waals surface area contributed by atoms with E-state index in [0.29, 0.717) is 0 Å². The fraction of sp³-hybridized carbons (Fsp3) is 0.800. The molecule has 1 heterocycles. The molecule has 1 aliphatic rings. The molecule has 0 bridgehead atoms. The van der Waals surface area contributed by atoms with Crippen LogP contribution in [-0.4, -0.2) is 27.4 Å². The summed E-state index contributed by atoms with van der Waals surface area (Å²) in [4.78, 5) is 3.91. The number of nitrogens with one attached hydrogen (secondary N) is 1. The second kappa shape index (κ2) is 4.55. The molecule has 4 heteroatoms. The smallest absolute Gasteiger partial charge is 0.137 e. The maximum Gasteiger partial charge on any atom is 0.137 e. The molecule has 2 rings (SSSR count). The minimum atomic E-state index is 0.730. The highest BCUT2D eigenvalue weighted by molar-refractivity contribution is 4.77. The molecule has 1 aromatic rings. The highest BCUT2D eigenvalue weighted by Crippen LogP contribution is 2.24. The van der Waals surface area contributed by atoms with Crippen LogP contribution in [0.4, 0.5) is 0 Å². The second-order valence-electron chi connectivity index (χ2n) is 4.23. The lowest BCUT2D eigenvalue weighted by molar-refractivity contribution is 0.468. The van der Waals surface area contributed by atoms with Crippen LogP contribution in [0.25, 0.3) is 0 Å². The zero-order valence-corrected chi connectivity index (χ0v) is 8.69. The maximum absolute atomic E-state index is 4.06. The Hall–Kier alpha value is -0.900. The predicted octanol–water partition coefficient (Wildman–Crippen LogP) is 1.06. The molecule has 4 nitrogen and oxygen atoms in total. The van der Waals surface area contributed by atoms with Gasteiger partial charge in [0.05, 0.1) is 6.54 Å². The molecular weight excluding hydrogens is 176 g/mol. The summed E-state index contributed by atoms with van der Waals surface area (Å²) in [5, 5.41) is 7.62. The fourth-order valence-corrected chi connectivity index (χ4v) is 2.12. The molecule has 0 spiro atoms. The average molecular weight is 194 g/mol. The molecule has 0 radical (unpaired) electrons. The van der Waals surface area contributed by atoms with Gasteiger partial charge in [0.25, 0.3) is 0 Å². The van der Waals surface area contributed by atoms with Crippen molar-refractivity contribution in [2.75, 3.05) is 6.54 Å². The molecule has 1 saturated carbocycles. The summed E-state index contributed by atoms with van der Waals surface area (Å²) in [7, 11) is 0. The zero-order chi connectivity index (χ0) is 9.80. The first kappa shape index (κ1) is 9.65. The Labute approximate surface area is 84.7 Å². The van der Waals surface area contributed by atoms with Gasteiger partial charge in [-0.3, -0.25) is 4.68 Å². The Morgan fingerprint density at radius 3 is 3.07 bits per heavy atom. The maximum atomic E-state index is 4.06. The zero-order valence-electron chi connectivity index (χ0n) is 8.69. The molecule has 1 aromatic heterocycles. The van der Waals surface area contributed by atoms with Crippen molar-refractivity contribution >= 4 is 0 Å². The van der Waals surface area contributed by atoms with Gasteiger partial charge in [-0.05, 0) is 25.2 Å². The molecule has 0 saturated heterocycles. The first-order chi connectivity index (χ1) is 6.84. The van der Waals surface area contributed by atoms with E-state index in [0.717, 1.165) is 25.0 Å². The van der Waals surface area contributed by atoms with E-state index in [4.69, 9.17) is 0 Å². The van der Waals surface area contributed by atoms with E-state index in [1.54, 1.807) is 12.7 Å². The van der Waals surface area contributed by atoms with Crippen molar-refractivity contribution in [2.45, 2.75) is 38.8 Å². The third kappa shape index (κ3) is 2.54. The number of aromatic nitrogens is 3. The molecule has 0 aliphatic heterocycles. The van der Waals surface area contributed by atoms with Gasteiger partial charge in [0.2, 0.25) is 0 Å². The van der Waals surface area contributed by atoms with Gasteiger partial charge < -0.3 is 5.32 Å². The van der Waals surface area contributed by atoms with Crippen molar-refractivity contribution in [2.24, 2.45) is 5.92 Å². The lowest BCUT2D eigenvalue weighted by Gasteiger charge is -2.11. The van der Waals surface area contributed by atoms with Crippen LogP contribution in [0.1, 0.15) is 26.2 Å². The second-order valence-corrected chi connectivity index (χ2v) is 4.23. The van der Waals surface area contributed by atoms with Crippen LogP contribution in [0.5, 0.6) is 0 Å². The quantitative estimate of drug-likeness (QED) is 0.779. The lowest BCUT2D eigenvalue weighted by Crippen LogP contribution is -2.29. The summed E-state index contributed by atoms with van der Waals surface area (Å²) in [6.45, 7) is 4.25. The van der Waals surface area contributed by atoms with Crippen molar-refractivity contribution < 1.29 is 0 Å². The van der Waals surface area contributed by atoms with Gasteiger partial charge in [0.1, 0.15) is 12.7 Å². The Morgan fingerprint density at radius 2 is 2.43 bits per heavy atom.